The topological polar surface area (TPSA) is 70.2 Å². The van der Waals surface area contributed by atoms with E-state index in [4.69, 9.17) is 11.6 Å². The fourth-order valence-electron chi connectivity index (χ4n) is 2.93. The Hall–Kier alpha value is -2.60. The number of halogens is 1. The van der Waals surface area contributed by atoms with Gasteiger partial charge in [0.2, 0.25) is 5.91 Å². The van der Waals surface area contributed by atoms with Crippen LogP contribution in [0.1, 0.15) is 24.2 Å². The summed E-state index contributed by atoms with van der Waals surface area (Å²) in [6, 6.07) is 9.29. The number of anilines is 2. The van der Waals surface area contributed by atoms with E-state index in [0.717, 1.165) is 36.1 Å². The molecule has 0 saturated carbocycles. The normalized spacial score (nSPS) is 13.9. The molecule has 142 valence electrons. The minimum absolute atomic E-state index is 0.136. The number of rotatable bonds is 7. The van der Waals surface area contributed by atoms with Crippen molar-refractivity contribution in [2.75, 3.05) is 36.4 Å². The highest BCUT2D eigenvalue weighted by Crippen LogP contribution is 2.20. The van der Waals surface area contributed by atoms with Gasteiger partial charge in [-0.3, -0.25) is 4.79 Å². The molecule has 0 atom stereocenters. The SMILES string of the molecule is Cc1nc(NCCNC(=O)/C=C/c2ccc(Cl)cc2)cc(N2CCCC2)n1. The summed E-state index contributed by atoms with van der Waals surface area (Å²) in [4.78, 5) is 23.1. The van der Waals surface area contributed by atoms with Gasteiger partial charge in [-0.05, 0) is 43.5 Å². The zero-order valence-electron chi connectivity index (χ0n) is 15.4. The standard InChI is InChI=1S/C20H24ClN5O/c1-15-24-18(14-19(25-15)26-12-2-3-13-26)22-10-11-23-20(27)9-6-16-4-7-17(21)8-5-16/h4-9,14H,2-3,10-13H2,1H3,(H,23,27)(H,22,24,25)/b9-6+. The van der Waals surface area contributed by atoms with E-state index >= 15 is 0 Å². The molecule has 0 spiro atoms. The van der Waals surface area contributed by atoms with Gasteiger partial charge in [-0.1, -0.05) is 23.7 Å². The average molecular weight is 386 g/mol. The Bertz CT molecular complexity index is 801. The van der Waals surface area contributed by atoms with Crippen molar-refractivity contribution in [3.8, 4) is 0 Å². The molecule has 1 fully saturated rings. The molecular weight excluding hydrogens is 362 g/mol. The number of nitrogens with one attached hydrogen (secondary N) is 2. The second kappa shape index (κ2) is 9.37. The number of carbonyl (C=O) groups is 1. The van der Waals surface area contributed by atoms with Gasteiger partial charge in [0.1, 0.15) is 17.5 Å². The first-order valence-corrected chi connectivity index (χ1v) is 9.54. The van der Waals surface area contributed by atoms with Gasteiger partial charge in [0, 0.05) is 43.3 Å². The fourth-order valence-corrected chi connectivity index (χ4v) is 3.06. The maximum Gasteiger partial charge on any atom is 0.244 e. The number of amides is 1. The molecule has 1 aromatic heterocycles. The van der Waals surface area contributed by atoms with Gasteiger partial charge in [-0.2, -0.15) is 0 Å². The maximum atomic E-state index is 11.9. The lowest BCUT2D eigenvalue weighted by Crippen LogP contribution is -2.27. The van der Waals surface area contributed by atoms with Crippen LogP contribution >= 0.6 is 11.6 Å². The summed E-state index contributed by atoms with van der Waals surface area (Å²) in [7, 11) is 0. The van der Waals surface area contributed by atoms with E-state index in [2.05, 4.69) is 25.5 Å². The maximum absolute atomic E-state index is 11.9. The molecule has 2 aromatic rings. The number of aryl methyl sites for hydroxylation is 1. The van der Waals surface area contributed by atoms with Crippen LogP contribution in [0.2, 0.25) is 5.02 Å². The molecular formula is C20H24ClN5O. The van der Waals surface area contributed by atoms with E-state index in [1.165, 1.54) is 18.9 Å². The van der Waals surface area contributed by atoms with E-state index in [0.29, 0.717) is 18.1 Å². The Balaban J connectivity index is 1.44. The van der Waals surface area contributed by atoms with Gasteiger partial charge < -0.3 is 15.5 Å². The van der Waals surface area contributed by atoms with Gasteiger partial charge in [-0.15, -0.1) is 0 Å². The van der Waals surface area contributed by atoms with E-state index in [1.807, 2.05) is 25.1 Å². The van der Waals surface area contributed by atoms with Gasteiger partial charge in [0.25, 0.3) is 0 Å². The zero-order valence-corrected chi connectivity index (χ0v) is 16.2. The van der Waals surface area contributed by atoms with Crippen LogP contribution in [0.4, 0.5) is 11.6 Å². The van der Waals surface area contributed by atoms with Crippen molar-refractivity contribution < 1.29 is 4.79 Å². The zero-order chi connectivity index (χ0) is 19.1. The molecule has 0 bridgehead atoms. The van der Waals surface area contributed by atoms with Gasteiger partial charge in [0.15, 0.2) is 0 Å². The second-order valence-electron chi connectivity index (χ2n) is 6.46. The summed E-state index contributed by atoms with van der Waals surface area (Å²) in [5, 5.41) is 6.78. The Labute approximate surface area is 164 Å². The van der Waals surface area contributed by atoms with Crippen molar-refractivity contribution in [1.29, 1.82) is 0 Å². The summed E-state index contributed by atoms with van der Waals surface area (Å²) in [6.45, 7) is 5.09. The van der Waals surface area contributed by atoms with Crippen LogP contribution in [0.15, 0.2) is 36.4 Å². The molecule has 1 aliphatic rings. The fraction of sp³-hybridized carbons (Fsp3) is 0.350. The lowest BCUT2D eigenvalue weighted by atomic mass is 10.2. The second-order valence-corrected chi connectivity index (χ2v) is 6.89. The third-order valence-corrected chi connectivity index (χ3v) is 4.53. The molecule has 0 radical (unpaired) electrons. The molecule has 0 aliphatic carbocycles. The molecule has 3 rings (SSSR count). The Morgan fingerprint density at radius 2 is 1.93 bits per heavy atom. The third kappa shape index (κ3) is 5.96. The minimum atomic E-state index is -0.136. The highest BCUT2D eigenvalue weighted by molar-refractivity contribution is 6.30. The number of hydrogen-bond acceptors (Lipinski definition) is 5. The molecule has 6 nitrogen and oxygen atoms in total. The van der Waals surface area contributed by atoms with Crippen LogP contribution in [-0.2, 0) is 4.79 Å². The molecule has 2 N–H and O–H groups in total. The van der Waals surface area contributed by atoms with Crippen molar-refractivity contribution in [3.63, 3.8) is 0 Å². The van der Waals surface area contributed by atoms with E-state index < -0.39 is 0 Å². The lowest BCUT2D eigenvalue weighted by Gasteiger charge is -2.17. The van der Waals surface area contributed by atoms with Crippen molar-refractivity contribution in [2.45, 2.75) is 19.8 Å². The number of hydrogen-bond donors (Lipinski definition) is 2. The van der Waals surface area contributed by atoms with Crippen LogP contribution in [0.3, 0.4) is 0 Å². The van der Waals surface area contributed by atoms with Crippen molar-refractivity contribution in [1.82, 2.24) is 15.3 Å². The number of nitrogens with zero attached hydrogens (tertiary/aromatic N) is 3. The summed E-state index contributed by atoms with van der Waals surface area (Å²) in [5.74, 6) is 2.37. The van der Waals surface area contributed by atoms with Crippen molar-refractivity contribution >= 4 is 35.2 Å². The average Bonchev–Trinajstić information content (AvgIpc) is 3.19. The summed E-state index contributed by atoms with van der Waals surface area (Å²) in [5.41, 5.74) is 0.929. The predicted octanol–water partition coefficient (Wildman–Crippen LogP) is 3.28. The van der Waals surface area contributed by atoms with Gasteiger partial charge in [0.05, 0.1) is 0 Å². The van der Waals surface area contributed by atoms with Crippen LogP contribution < -0.4 is 15.5 Å². The Morgan fingerprint density at radius 1 is 1.19 bits per heavy atom. The molecule has 7 heteroatoms. The third-order valence-electron chi connectivity index (χ3n) is 4.28. The van der Waals surface area contributed by atoms with E-state index in [9.17, 15) is 4.79 Å². The van der Waals surface area contributed by atoms with Crippen LogP contribution in [0.5, 0.6) is 0 Å². The first-order valence-electron chi connectivity index (χ1n) is 9.16. The smallest absolute Gasteiger partial charge is 0.244 e. The lowest BCUT2D eigenvalue weighted by molar-refractivity contribution is -0.116. The Morgan fingerprint density at radius 3 is 2.67 bits per heavy atom. The van der Waals surface area contributed by atoms with E-state index in [1.54, 1.807) is 18.2 Å². The molecule has 0 unspecified atom stereocenters. The highest BCUT2D eigenvalue weighted by atomic mass is 35.5. The quantitative estimate of drug-likeness (QED) is 0.565. The summed E-state index contributed by atoms with van der Waals surface area (Å²) < 4.78 is 0. The molecule has 1 aliphatic heterocycles. The molecule has 27 heavy (non-hydrogen) atoms. The summed E-state index contributed by atoms with van der Waals surface area (Å²) >= 11 is 5.84. The first kappa shape index (κ1) is 19.2. The Kier molecular flexibility index (Phi) is 6.65. The number of aromatic nitrogens is 2. The molecule has 2 heterocycles. The van der Waals surface area contributed by atoms with Crippen LogP contribution in [0, 0.1) is 6.92 Å². The largest absolute Gasteiger partial charge is 0.368 e. The van der Waals surface area contributed by atoms with Crippen LogP contribution in [-0.4, -0.2) is 42.1 Å². The molecule has 1 aromatic carbocycles. The predicted molar refractivity (Wildman–Crippen MR) is 110 cm³/mol. The molecule has 1 saturated heterocycles. The van der Waals surface area contributed by atoms with Crippen LogP contribution in [0.25, 0.3) is 6.08 Å². The number of carbonyl (C=O) groups excluding carboxylic acids is 1. The van der Waals surface area contributed by atoms with Crippen molar-refractivity contribution in [2.24, 2.45) is 0 Å². The van der Waals surface area contributed by atoms with Crippen molar-refractivity contribution in [3.05, 3.63) is 52.8 Å². The van der Waals surface area contributed by atoms with Gasteiger partial charge >= 0.3 is 0 Å². The number of benzene rings is 1. The minimum Gasteiger partial charge on any atom is -0.368 e. The van der Waals surface area contributed by atoms with E-state index in [-0.39, 0.29) is 5.91 Å². The first-order chi connectivity index (χ1) is 13.1. The van der Waals surface area contributed by atoms with Gasteiger partial charge in [-0.25, -0.2) is 9.97 Å². The monoisotopic (exact) mass is 385 g/mol. The summed E-state index contributed by atoms with van der Waals surface area (Å²) in [6.07, 6.45) is 5.70. The highest BCUT2D eigenvalue weighted by Gasteiger charge is 2.14. The molecule has 1 amide bonds.